The van der Waals surface area contributed by atoms with Gasteiger partial charge < -0.3 is 15.2 Å². The fourth-order valence-electron chi connectivity index (χ4n) is 2.80. The molecule has 4 heteroatoms. The largest absolute Gasteiger partial charge is 0.548 e. The molecule has 0 saturated heterocycles. The van der Waals surface area contributed by atoms with Crippen molar-refractivity contribution in [2.24, 2.45) is 5.92 Å². The summed E-state index contributed by atoms with van der Waals surface area (Å²) in [4.78, 5) is 11.2. The number of hydrogen-bond donors (Lipinski definition) is 1. The average molecular weight is 293 g/mol. The van der Waals surface area contributed by atoms with Crippen molar-refractivity contribution in [3.05, 3.63) is 40.4 Å². The Morgan fingerprint density at radius 1 is 1.47 bits per heavy atom. The van der Waals surface area contributed by atoms with Crippen LogP contribution in [0.25, 0.3) is 0 Å². The maximum Gasteiger partial charge on any atom is 0.0698 e. The Hall–Kier alpha value is -1.29. The standard InChI is InChI=1S/C13H12BrNO2/c14-7-4-5-11-10(6-7)8-2-1-3-9(8)12(15-11)13(16)17/h1-2,4-6,8-9,12,15H,3H2,(H,16,17)/p-1. The number of hydrogen-bond acceptors (Lipinski definition) is 3. The van der Waals surface area contributed by atoms with Gasteiger partial charge in [0.25, 0.3) is 0 Å². The van der Waals surface area contributed by atoms with Crippen molar-refractivity contribution in [3.63, 3.8) is 0 Å². The second kappa shape index (κ2) is 3.88. The Bertz CT molecular complexity index is 512. The van der Waals surface area contributed by atoms with Crippen molar-refractivity contribution in [2.45, 2.75) is 18.4 Å². The summed E-state index contributed by atoms with van der Waals surface area (Å²) in [5.74, 6) is -0.759. The SMILES string of the molecule is O=C([O-])C1Nc2ccc(Br)cc2C2C=CCC12. The van der Waals surface area contributed by atoms with Gasteiger partial charge in [0.15, 0.2) is 0 Å². The van der Waals surface area contributed by atoms with E-state index in [1.807, 2.05) is 12.1 Å². The molecule has 2 aliphatic rings. The summed E-state index contributed by atoms with van der Waals surface area (Å²) in [6, 6.07) is 5.29. The van der Waals surface area contributed by atoms with E-state index in [9.17, 15) is 9.90 Å². The number of carboxylic acid groups (broad SMARTS) is 1. The fourth-order valence-corrected chi connectivity index (χ4v) is 3.18. The fraction of sp³-hybridized carbons (Fsp3) is 0.308. The maximum atomic E-state index is 11.2. The first-order chi connectivity index (χ1) is 8.16. The number of halogens is 1. The number of aliphatic carboxylic acids is 1. The smallest absolute Gasteiger partial charge is 0.0698 e. The third-order valence-corrected chi connectivity index (χ3v) is 4.07. The molecule has 1 aliphatic carbocycles. The molecule has 3 nitrogen and oxygen atoms in total. The van der Waals surface area contributed by atoms with Crippen molar-refractivity contribution in [1.29, 1.82) is 0 Å². The minimum Gasteiger partial charge on any atom is -0.548 e. The quantitative estimate of drug-likeness (QED) is 0.801. The van der Waals surface area contributed by atoms with Crippen LogP contribution in [0.2, 0.25) is 0 Å². The van der Waals surface area contributed by atoms with Crippen LogP contribution in [-0.2, 0) is 4.79 Å². The third kappa shape index (κ3) is 1.67. The van der Waals surface area contributed by atoms with Crippen molar-refractivity contribution in [2.75, 3.05) is 5.32 Å². The molecule has 1 aromatic rings. The number of carbonyl (C=O) groups excluding carboxylic acids is 1. The van der Waals surface area contributed by atoms with Crippen molar-refractivity contribution >= 4 is 27.6 Å². The van der Waals surface area contributed by atoms with Gasteiger partial charge >= 0.3 is 0 Å². The van der Waals surface area contributed by atoms with E-state index >= 15 is 0 Å². The van der Waals surface area contributed by atoms with Gasteiger partial charge in [-0.05, 0) is 36.1 Å². The predicted octanol–water partition coefficient (Wildman–Crippen LogP) is 1.65. The second-order valence-corrected chi connectivity index (χ2v) is 5.44. The van der Waals surface area contributed by atoms with Crippen molar-refractivity contribution in [1.82, 2.24) is 0 Å². The molecular formula is C13H11BrNO2-. The van der Waals surface area contributed by atoms with E-state index in [-0.39, 0.29) is 11.8 Å². The summed E-state index contributed by atoms with van der Waals surface area (Å²) < 4.78 is 1.02. The minimum atomic E-state index is -1.02. The van der Waals surface area contributed by atoms with Crippen LogP contribution < -0.4 is 10.4 Å². The molecule has 1 N–H and O–H groups in total. The zero-order chi connectivity index (χ0) is 12.0. The molecular weight excluding hydrogens is 282 g/mol. The van der Waals surface area contributed by atoms with Gasteiger partial charge in [-0.1, -0.05) is 28.1 Å². The maximum absolute atomic E-state index is 11.2. The predicted molar refractivity (Wildman–Crippen MR) is 66.5 cm³/mol. The lowest BCUT2D eigenvalue weighted by atomic mass is 9.79. The summed E-state index contributed by atoms with van der Waals surface area (Å²) in [7, 11) is 0. The number of rotatable bonds is 1. The Kier molecular flexibility index (Phi) is 2.47. The lowest BCUT2D eigenvalue weighted by Crippen LogP contribution is -2.48. The highest BCUT2D eigenvalue weighted by atomic mass is 79.9. The lowest BCUT2D eigenvalue weighted by Gasteiger charge is -2.37. The van der Waals surface area contributed by atoms with Gasteiger partial charge in [0, 0.05) is 16.1 Å². The molecule has 3 unspecified atom stereocenters. The number of anilines is 1. The van der Waals surface area contributed by atoms with E-state index in [0.29, 0.717) is 0 Å². The van der Waals surface area contributed by atoms with E-state index in [4.69, 9.17) is 0 Å². The van der Waals surface area contributed by atoms with Gasteiger partial charge in [0.1, 0.15) is 0 Å². The van der Waals surface area contributed by atoms with Gasteiger partial charge in [0.05, 0.1) is 12.0 Å². The molecule has 0 amide bonds. The highest BCUT2D eigenvalue weighted by molar-refractivity contribution is 9.10. The molecule has 0 spiro atoms. The molecule has 0 aromatic heterocycles. The molecule has 3 rings (SSSR count). The van der Waals surface area contributed by atoms with Gasteiger partial charge in [-0.15, -0.1) is 0 Å². The van der Waals surface area contributed by atoms with Crippen molar-refractivity contribution in [3.8, 4) is 0 Å². The molecule has 88 valence electrons. The monoisotopic (exact) mass is 292 g/mol. The number of carboxylic acids is 1. The molecule has 1 aromatic carbocycles. The Morgan fingerprint density at radius 3 is 3.06 bits per heavy atom. The van der Waals surface area contributed by atoms with Crippen LogP contribution in [-0.4, -0.2) is 12.0 Å². The van der Waals surface area contributed by atoms with Gasteiger partial charge in [-0.3, -0.25) is 0 Å². The molecule has 0 fully saturated rings. The van der Waals surface area contributed by atoms with Gasteiger partial charge in [0.2, 0.25) is 0 Å². The summed E-state index contributed by atoms with van der Waals surface area (Å²) in [5, 5.41) is 14.2. The first-order valence-corrected chi connectivity index (χ1v) is 6.39. The van der Waals surface area contributed by atoms with Crippen LogP contribution >= 0.6 is 15.9 Å². The van der Waals surface area contributed by atoms with Crippen LogP contribution in [0, 0.1) is 5.92 Å². The topological polar surface area (TPSA) is 52.2 Å². The molecule has 17 heavy (non-hydrogen) atoms. The summed E-state index contributed by atoms with van der Waals surface area (Å²) >= 11 is 3.45. The zero-order valence-corrected chi connectivity index (χ0v) is 10.6. The normalized spacial score (nSPS) is 29.4. The third-order valence-electron chi connectivity index (χ3n) is 3.58. The number of allylic oxidation sites excluding steroid dienone is 2. The first kappa shape index (κ1) is 10.8. The average Bonchev–Trinajstić information content (AvgIpc) is 2.76. The number of benzene rings is 1. The van der Waals surface area contributed by atoms with E-state index in [2.05, 4.69) is 39.5 Å². The minimum absolute atomic E-state index is 0.0711. The van der Waals surface area contributed by atoms with Crippen LogP contribution in [0.3, 0.4) is 0 Å². The second-order valence-electron chi connectivity index (χ2n) is 4.53. The van der Waals surface area contributed by atoms with Crippen LogP contribution in [0.5, 0.6) is 0 Å². The Balaban J connectivity index is 2.09. The Morgan fingerprint density at radius 2 is 2.29 bits per heavy atom. The molecule has 3 atom stereocenters. The van der Waals surface area contributed by atoms with Crippen LogP contribution in [0.4, 0.5) is 5.69 Å². The highest BCUT2D eigenvalue weighted by Crippen LogP contribution is 2.45. The first-order valence-electron chi connectivity index (χ1n) is 5.60. The lowest BCUT2D eigenvalue weighted by molar-refractivity contribution is -0.308. The van der Waals surface area contributed by atoms with Gasteiger partial charge in [-0.25, -0.2) is 0 Å². The van der Waals surface area contributed by atoms with E-state index < -0.39 is 12.0 Å². The van der Waals surface area contributed by atoms with Crippen LogP contribution in [0.15, 0.2) is 34.8 Å². The molecule has 1 aliphatic heterocycles. The summed E-state index contributed by atoms with van der Waals surface area (Å²) in [6.45, 7) is 0. The van der Waals surface area contributed by atoms with E-state index in [1.165, 1.54) is 0 Å². The van der Waals surface area contributed by atoms with Crippen LogP contribution in [0.1, 0.15) is 17.9 Å². The van der Waals surface area contributed by atoms with Crippen molar-refractivity contribution < 1.29 is 9.90 Å². The Labute approximate surface area is 108 Å². The number of carbonyl (C=O) groups is 1. The molecule has 1 heterocycles. The zero-order valence-electron chi connectivity index (χ0n) is 9.02. The number of nitrogens with one attached hydrogen (secondary N) is 1. The highest BCUT2D eigenvalue weighted by Gasteiger charge is 2.37. The van der Waals surface area contributed by atoms with E-state index in [1.54, 1.807) is 0 Å². The molecule has 0 saturated carbocycles. The summed E-state index contributed by atoms with van der Waals surface area (Å²) in [5.41, 5.74) is 2.06. The number of fused-ring (bicyclic) bond motifs is 3. The molecule has 0 bridgehead atoms. The summed E-state index contributed by atoms with van der Waals surface area (Å²) in [6.07, 6.45) is 4.96. The molecule has 0 radical (unpaired) electrons. The van der Waals surface area contributed by atoms with E-state index in [0.717, 1.165) is 22.1 Å². The van der Waals surface area contributed by atoms with Gasteiger partial charge in [-0.2, -0.15) is 0 Å².